The van der Waals surface area contributed by atoms with Crippen molar-refractivity contribution in [3.8, 4) is 23.0 Å². The fraction of sp³-hybridized carbons (Fsp3) is 0.368. The van der Waals surface area contributed by atoms with E-state index in [9.17, 15) is 5.11 Å². The molecule has 1 unspecified atom stereocenters. The van der Waals surface area contributed by atoms with Gasteiger partial charge >= 0.3 is 0 Å². The third kappa shape index (κ3) is 2.99. The minimum absolute atomic E-state index is 0.311. The number of rotatable bonds is 7. The lowest BCUT2D eigenvalue weighted by molar-refractivity contribution is 0.208. The van der Waals surface area contributed by atoms with Crippen LogP contribution in [-0.2, 0) is 6.42 Å². The van der Waals surface area contributed by atoms with Crippen molar-refractivity contribution in [2.75, 3.05) is 28.4 Å². The number of benzene rings is 2. The maximum Gasteiger partial charge on any atom is 0.172 e. The lowest BCUT2D eigenvalue weighted by Crippen LogP contribution is -2.13. The molecule has 1 atom stereocenters. The fourth-order valence-electron chi connectivity index (χ4n) is 2.84. The van der Waals surface area contributed by atoms with E-state index in [0.29, 0.717) is 35.0 Å². The van der Waals surface area contributed by atoms with Crippen molar-refractivity contribution in [2.24, 2.45) is 0 Å². The molecule has 0 aromatic heterocycles. The first-order chi connectivity index (χ1) is 11.5. The fourth-order valence-corrected chi connectivity index (χ4v) is 2.84. The highest BCUT2D eigenvalue weighted by Gasteiger charge is 2.25. The van der Waals surface area contributed by atoms with Crippen LogP contribution in [0.15, 0.2) is 30.4 Å². The molecule has 24 heavy (non-hydrogen) atoms. The molecule has 0 heterocycles. The minimum Gasteiger partial charge on any atom is -0.496 e. The highest BCUT2D eigenvalue weighted by molar-refractivity contribution is 6.01. The van der Waals surface area contributed by atoms with Crippen LogP contribution < -0.4 is 18.9 Å². The number of hydrogen-bond acceptors (Lipinski definition) is 5. The van der Waals surface area contributed by atoms with Crippen molar-refractivity contribution < 1.29 is 24.1 Å². The maximum atomic E-state index is 10.3. The van der Waals surface area contributed by atoms with Crippen molar-refractivity contribution in [3.05, 3.63) is 35.9 Å². The van der Waals surface area contributed by atoms with E-state index in [4.69, 9.17) is 18.9 Å². The minimum atomic E-state index is -0.708. The van der Waals surface area contributed by atoms with Crippen LogP contribution in [0.4, 0.5) is 0 Å². The number of hydrogen-bond donors (Lipinski definition) is 1. The molecule has 130 valence electrons. The van der Waals surface area contributed by atoms with Gasteiger partial charge in [0.2, 0.25) is 0 Å². The lowest BCUT2D eigenvalue weighted by atomic mass is 9.96. The average molecular weight is 332 g/mol. The molecular formula is C19H24O5. The summed E-state index contributed by atoms with van der Waals surface area (Å²) in [4.78, 5) is 0. The van der Waals surface area contributed by atoms with Crippen molar-refractivity contribution in [1.29, 1.82) is 0 Å². The van der Waals surface area contributed by atoms with Gasteiger partial charge in [0.25, 0.3) is 0 Å². The second kappa shape index (κ2) is 7.45. The van der Waals surface area contributed by atoms with Gasteiger partial charge in [0.1, 0.15) is 11.5 Å². The first-order valence-electron chi connectivity index (χ1n) is 7.61. The molecular weight excluding hydrogens is 308 g/mol. The van der Waals surface area contributed by atoms with Crippen LogP contribution >= 0.6 is 0 Å². The van der Waals surface area contributed by atoms with Gasteiger partial charge in [-0.05, 0) is 13.0 Å². The molecule has 0 bridgehead atoms. The van der Waals surface area contributed by atoms with Crippen molar-refractivity contribution in [1.82, 2.24) is 0 Å². The topological polar surface area (TPSA) is 57.2 Å². The smallest absolute Gasteiger partial charge is 0.172 e. The first kappa shape index (κ1) is 17.9. The third-order valence-electron chi connectivity index (χ3n) is 4.05. The summed E-state index contributed by atoms with van der Waals surface area (Å²) in [5, 5.41) is 11.9. The highest BCUT2D eigenvalue weighted by atomic mass is 16.5. The molecule has 0 spiro atoms. The predicted molar refractivity (Wildman–Crippen MR) is 94.7 cm³/mol. The molecule has 0 saturated heterocycles. The molecule has 1 N–H and O–H groups in total. The molecule has 2 aromatic rings. The summed E-state index contributed by atoms with van der Waals surface area (Å²) in [5.74, 6) is 2.36. The number of ether oxygens (including phenoxy) is 4. The van der Waals surface area contributed by atoms with Gasteiger partial charge in [-0.1, -0.05) is 24.3 Å². The summed E-state index contributed by atoms with van der Waals surface area (Å²) >= 11 is 0. The molecule has 0 aliphatic rings. The molecule has 2 aromatic carbocycles. The van der Waals surface area contributed by atoms with Crippen molar-refractivity contribution >= 4 is 10.8 Å². The Morgan fingerprint density at radius 1 is 1.00 bits per heavy atom. The summed E-state index contributed by atoms with van der Waals surface area (Å²) in [7, 11) is 6.34. The van der Waals surface area contributed by atoms with E-state index in [1.807, 2.05) is 18.2 Å². The Morgan fingerprint density at radius 2 is 1.62 bits per heavy atom. The van der Waals surface area contributed by atoms with Gasteiger partial charge in [-0.3, -0.25) is 0 Å². The Kier molecular flexibility index (Phi) is 5.57. The number of aliphatic hydroxyl groups is 1. The summed E-state index contributed by atoms with van der Waals surface area (Å²) < 4.78 is 22.3. The largest absolute Gasteiger partial charge is 0.496 e. The highest BCUT2D eigenvalue weighted by Crippen LogP contribution is 2.49. The molecule has 5 nitrogen and oxygen atoms in total. The van der Waals surface area contributed by atoms with Gasteiger partial charge in [0.15, 0.2) is 11.5 Å². The van der Waals surface area contributed by atoms with Gasteiger partial charge in [-0.25, -0.2) is 0 Å². The molecule has 0 aliphatic heterocycles. The first-order valence-corrected chi connectivity index (χ1v) is 7.61. The van der Waals surface area contributed by atoms with Crippen molar-refractivity contribution in [2.45, 2.75) is 19.4 Å². The van der Waals surface area contributed by atoms with Gasteiger partial charge in [0.05, 0.1) is 39.9 Å². The Balaban J connectivity index is 2.88. The zero-order chi connectivity index (χ0) is 17.9. The van der Waals surface area contributed by atoms with Crippen LogP contribution in [0.1, 0.15) is 12.5 Å². The normalized spacial score (nSPS) is 11.9. The summed E-state index contributed by atoms with van der Waals surface area (Å²) in [5.41, 5.74) is 1.40. The van der Waals surface area contributed by atoms with E-state index < -0.39 is 6.10 Å². The van der Waals surface area contributed by atoms with E-state index in [1.165, 1.54) is 0 Å². The molecule has 0 radical (unpaired) electrons. The average Bonchev–Trinajstić information content (AvgIpc) is 2.59. The molecule has 0 saturated carbocycles. The number of methoxy groups -OCH3 is 4. The van der Waals surface area contributed by atoms with Gasteiger partial charge < -0.3 is 24.1 Å². The quantitative estimate of drug-likeness (QED) is 0.788. The van der Waals surface area contributed by atoms with Crippen LogP contribution in [0.2, 0.25) is 0 Å². The summed E-state index contributed by atoms with van der Waals surface area (Å²) in [6.07, 6.45) is -0.397. The molecule has 2 rings (SSSR count). The van der Waals surface area contributed by atoms with Gasteiger partial charge in [-0.15, -0.1) is 0 Å². The number of fused-ring (bicyclic) bond motifs is 1. The van der Waals surface area contributed by atoms with E-state index in [0.717, 1.165) is 16.3 Å². The molecule has 0 aliphatic carbocycles. The van der Waals surface area contributed by atoms with Crippen LogP contribution in [-0.4, -0.2) is 39.6 Å². The molecule has 0 amide bonds. The van der Waals surface area contributed by atoms with Crippen LogP contribution in [0.5, 0.6) is 23.0 Å². The van der Waals surface area contributed by atoms with E-state index in [2.05, 4.69) is 6.58 Å². The van der Waals surface area contributed by atoms with Crippen LogP contribution in [0.25, 0.3) is 10.8 Å². The second-order valence-corrected chi connectivity index (χ2v) is 5.53. The maximum absolute atomic E-state index is 10.3. The SMILES string of the molecule is C=C(C)C(O)Cc1c(OC)c(OC)c2c(OC)cccc2c1OC. The molecule has 0 fully saturated rings. The predicted octanol–water partition coefficient (Wildman–Crippen LogP) is 3.35. The van der Waals surface area contributed by atoms with Crippen LogP contribution in [0.3, 0.4) is 0 Å². The van der Waals surface area contributed by atoms with Crippen molar-refractivity contribution in [3.63, 3.8) is 0 Å². The Bertz CT molecular complexity index is 751. The zero-order valence-electron chi connectivity index (χ0n) is 14.8. The summed E-state index contributed by atoms with van der Waals surface area (Å²) in [6, 6.07) is 5.66. The Morgan fingerprint density at radius 3 is 2.12 bits per heavy atom. The Labute approximate surface area is 142 Å². The lowest BCUT2D eigenvalue weighted by Gasteiger charge is -2.22. The monoisotopic (exact) mass is 332 g/mol. The van der Waals surface area contributed by atoms with E-state index in [1.54, 1.807) is 35.4 Å². The van der Waals surface area contributed by atoms with E-state index >= 15 is 0 Å². The standard InChI is InChI=1S/C19H24O5/c1-11(2)14(20)10-13-17(22-4)12-8-7-9-15(21-3)16(12)19(24-6)18(13)23-5/h7-9,14,20H,1,10H2,2-6H3. The third-order valence-corrected chi connectivity index (χ3v) is 4.05. The summed E-state index contributed by atoms with van der Waals surface area (Å²) in [6.45, 7) is 5.59. The Hall–Kier alpha value is -2.40. The molecule has 5 heteroatoms. The second-order valence-electron chi connectivity index (χ2n) is 5.53. The van der Waals surface area contributed by atoms with Crippen LogP contribution in [0, 0.1) is 0 Å². The van der Waals surface area contributed by atoms with Gasteiger partial charge in [0, 0.05) is 17.4 Å². The number of aliphatic hydroxyl groups excluding tert-OH is 1. The van der Waals surface area contributed by atoms with E-state index in [-0.39, 0.29) is 0 Å². The van der Waals surface area contributed by atoms with Gasteiger partial charge in [-0.2, -0.15) is 0 Å². The zero-order valence-corrected chi connectivity index (χ0v) is 14.8.